The van der Waals surface area contributed by atoms with E-state index in [1.807, 2.05) is 51.2 Å². The maximum atomic E-state index is 12.2. The van der Waals surface area contributed by atoms with Crippen LogP contribution in [0.2, 0.25) is 0 Å². The Morgan fingerprint density at radius 1 is 1.27 bits per heavy atom. The van der Waals surface area contributed by atoms with Crippen LogP contribution < -0.4 is 5.32 Å². The summed E-state index contributed by atoms with van der Waals surface area (Å²) in [5.41, 5.74) is 1.41. The molecule has 0 unspecified atom stereocenters. The highest BCUT2D eigenvalue weighted by molar-refractivity contribution is 5.89. The second-order valence-electron chi connectivity index (χ2n) is 6.36. The van der Waals surface area contributed by atoms with Crippen molar-refractivity contribution in [2.45, 2.75) is 33.2 Å². The molecule has 0 saturated carbocycles. The van der Waals surface area contributed by atoms with Crippen LogP contribution in [0, 0.1) is 5.41 Å². The van der Waals surface area contributed by atoms with E-state index in [0.29, 0.717) is 6.42 Å². The van der Waals surface area contributed by atoms with Gasteiger partial charge < -0.3 is 15.0 Å². The summed E-state index contributed by atoms with van der Waals surface area (Å²) in [4.78, 5) is 27.3. The highest BCUT2D eigenvalue weighted by atomic mass is 16.5. The molecule has 0 aliphatic carbocycles. The number of amides is 1. The molecule has 0 spiro atoms. The van der Waals surface area contributed by atoms with E-state index in [1.165, 1.54) is 7.11 Å². The Kier molecular flexibility index (Phi) is 4.54. The predicted octanol–water partition coefficient (Wildman–Crippen LogP) is 2.41. The van der Waals surface area contributed by atoms with Gasteiger partial charge in [0.05, 0.1) is 7.11 Å². The van der Waals surface area contributed by atoms with Crippen LogP contribution in [0.15, 0.2) is 30.5 Å². The third-order valence-corrected chi connectivity index (χ3v) is 3.57. The van der Waals surface area contributed by atoms with E-state index in [2.05, 4.69) is 10.3 Å². The molecule has 5 nitrogen and oxygen atoms in total. The summed E-state index contributed by atoms with van der Waals surface area (Å²) in [6.07, 6.45) is 2.25. The molecule has 1 atom stereocenters. The van der Waals surface area contributed by atoms with Gasteiger partial charge in [0, 0.05) is 28.9 Å². The first-order valence-corrected chi connectivity index (χ1v) is 7.26. The molecule has 1 amide bonds. The van der Waals surface area contributed by atoms with E-state index < -0.39 is 17.4 Å². The van der Waals surface area contributed by atoms with E-state index >= 15 is 0 Å². The quantitative estimate of drug-likeness (QED) is 0.852. The molecule has 0 aliphatic rings. The van der Waals surface area contributed by atoms with Gasteiger partial charge in [-0.2, -0.15) is 0 Å². The average Bonchev–Trinajstić information content (AvgIpc) is 2.88. The number of methoxy groups -OCH3 is 1. The van der Waals surface area contributed by atoms with Crippen molar-refractivity contribution in [3.63, 3.8) is 0 Å². The van der Waals surface area contributed by atoms with E-state index in [9.17, 15) is 9.59 Å². The lowest BCUT2D eigenvalue weighted by Gasteiger charge is -2.22. The lowest BCUT2D eigenvalue weighted by atomic mass is 9.94. The molecule has 1 heterocycles. The molecule has 0 radical (unpaired) electrons. The number of ether oxygens (including phenoxy) is 1. The standard InChI is InChI=1S/C17H22N2O3/c1-17(2,3)16(21)19-14(15(20)22-4)9-11-10-18-13-8-6-5-7-12(11)13/h5-8,10,14,18H,9H2,1-4H3,(H,19,21)/t14-/m1/s1. The maximum Gasteiger partial charge on any atom is 0.328 e. The van der Waals surface area contributed by atoms with Crippen LogP contribution in [0.25, 0.3) is 10.9 Å². The molecule has 0 aliphatic heterocycles. The van der Waals surface area contributed by atoms with Crippen LogP contribution in [0.3, 0.4) is 0 Å². The zero-order valence-corrected chi connectivity index (χ0v) is 13.4. The fourth-order valence-corrected chi connectivity index (χ4v) is 2.23. The number of rotatable bonds is 4. The van der Waals surface area contributed by atoms with E-state index in [-0.39, 0.29) is 5.91 Å². The molecule has 2 N–H and O–H groups in total. The van der Waals surface area contributed by atoms with Crippen LogP contribution in [0.4, 0.5) is 0 Å². The molecule has 118 valence electrons. The fraction of sp³-hybridized carbons (Fsp3) is 0.412. The van der Waals surface area contributed by atoms with Gasteiger partial charge in [-0.1, -0.05) is 39.0 Å². The minimum absolute atomic E-state index is 0.178. The summed E-state index contributed by atoms with van der Waals surface area (Å²) in [7, 11) is 1.33. The first-order chi connectivity index (χ1) is 10.3. The second kappa shape index (κ2) is 6.22. The van der Waals surface area contributed by atoms with E-state index in [4.69, 9.17) is 4.74 Å². The van der Waals surface area contributed by atoms with Gasteiger partial charge in [0.15, 0.2) is 0 Å². The number of hydrogen-bond acceptors (Lipinski definition) is 3. The molecule has 1 aromatic carbocycles. The summed E-state index contributed by atoms with van der Waals surface area (Å²) in [6.45, 7) is 5.42. The Labute approximate surface area is 130 Å². The highest BCUT2D eigenvalue weighted by Gasteiger charge is 2.28. The fourth-order valence-electron chi connectivity index (χ4n) is 2.23. The van der Waals surface area contributed by atoms with Crippen molar-refractivity contribution in [2.75, 3.05) is 7.11 Å². The summed E-state index contributed by atoms with van der Waals surface area (Å²) in [5.74, 6) is -0.620. The van der Waals surface area contributed by atoms with Crippen LogP contribution in [0.5, 0.6) is 0 Å². The monoisotopic (exact) mass is 302 g/mol. The number of carbonyl (C=O) groups excluding carboxylic acids is 2. The first-order valence-electron chi connectivity index (χ1n) is 7.26. The van der Waals surface area contributed by atoms with E-state index in [1.54, 1.807) is 0 Å². The van der Waals surface area contributed by atoms with Crippen molar-refractivity contribution in [3.05, 3.63) is 36.0 Å². The number of aromatic nitrogens is 1. The zero-order valence-electron chi connectivity index (χ0n) is 13.4. The van der Waals surface area contributed by atoms with Crippen molar-refractivity contribution < 1.29 is 14.3 Å². The molecule has 0 fully saturated rings. The van der Waals surface area contributed by atoms with Gasteiger partial charge in [0.1, 0.15) is 6.04 Å². The summed E-state index contributed by atoms with van der Waals surface area (Å²) in [5, 5.41) is 3.83. The van der Waals surface area contributed by atoms with Gasteiger partial charge >= 0.3 is 5.97 Å². The van der Waals surface area contributed by atoms with Gasteiger partial charge in [-0.25, -0.2) is 4.79 Å². The number of carbonyl (C=O) groups is 2. The lowest BCUT2D eigenvalue weighted by molar-refractivity contribution is -0.146. The molecule has 0 bridgehead atoms. The number of aromatic amines is 1. The summed E-state index contributed by atoms with van der Waals surface area (Å²) < 4.78 is 4.82. The van der Waals surface area contributed by atoms with Gasteiger partial charge in [-0.3, -0.25) is 4.79 Å². The smallest absolute Gasteiger partial charge is 0.328 e. The molecule has 5 heteroatoms. The van der Waals surface area contributed by atoms with Crippen LogP contribution in [-0.4, -0.2) is 30.0 Å². The zero-order chi connectivity index (χ0) is 16.3. The first kappa shape index (κ1) is 16.1. The predicted molar refractivity (Wildman–Crippen MR) is 85.4 cm³/mol. The number of para-hydroxylation sites is 1. The Morgan fingerprint density at radius 2 is 1.95 bits per heavy atom. The number of H-pyrrole nitrogens is 1. The number of nitrogens with one attached hydrogen (secondary N) is 2. The van der Waals surface area contributed by atoms with Gasteiger partial charge in [-0.05, 0) is 11.6 Å². The van der Waals surface area contributed by atoms with Crippen LogP contribution in [0.1, 0.15) is 26.3 Å². The lowest BCUT2D eigenvalue weighted by Crippen LogP contribution is -2.47. The third kappa shape index (κ3) is 3.47. The number of esters is 1. The van der Waals surface area contributed by atoms with Gasteiger partial charge in [0.2, 0.25) is 5.91 Å². The third-order valence-electron chi connectivity index (χ3n) is 3.57. The minimum atomic E-state index is -0.698. The highest BCUT2D eigenvalue weighted by Crippen LogP contribution is 2.20. The normalized spacial score (nSPS) is 12.9. The average molecular weight is 302 g/mol. The van der Waals surface area contributed by atoms with Gasteiger partial charge in [-0.15, -0.1) is 0 Å². The van der Waals surface area contributed by atoms with Crippen molar-refractivity contribution in [1.82, 2.24) is 10.3 Å². The van der Waals surface area contributed by atoms with Crippen molar-refractivity contribution in [2.24, 2.45) is 5.41 Å². The SMILES string of the molecule is COC(=O)[C@@H](Cc1c[nH]c2ccccc12)NC(=O)C(C)(C)C. The van der Waals surface area contributed by atoms with Crippen molar-refractivity contribution in [3.8, 4) is 0 Å². The van der Waals surface area contributed by atoms with Crippen LogP contribution in [-0.2, 0) is 20.7 Å². The van der Waals surface area contributed by atoms with E-state index in [0.717, 1.165) is 16.5 Å². The summed E-state index contributed by atoms with van der Waals surface area (Å²) in [6, 6.07) is 7.15. The number of hydrogen-bond donors (Lipinski definition) is 2. The largest absolute Gasteiger partial charge is 0.467 e. The minimum Gasteiger partial charge on any atom is -0.467 e. The molecular formula is C17H22N2O3. The Bertz CT molecular complexity index is 683. The molecule has 2 aromatic rings. The topological polar surface area (TPSA) is 71.2 Å². The number of benzene rings is 1. The van der Waals surface area contributed by atoms with Gasteiger partial charge in [0.25, 0.3) is 0 Å². The molecular weight excluding hydrogens is 280 g/mol. The maximum absolute atomic E-state index is 12.2. The van der Waals surface area contributed by atoms with Crippen molar-refractivity contribution >= 4 is 22.8 Å². The Hall–Kier alpha value is -2.30. The summed E-state index contributed by atoms with van der Waals surface area (Å²) >= 11 is 0. The number of fused-ring (bicyclic) bond motifs is 1. The molecule has 22 heavy (non-hydrogen) atoms. The molecule has 0 saturated heterocycles. The Morgan fingerprint density at radius 3 is 2.59 bits per heavy atom. The van der Waals surface area contributed by atoms with Crippen LogP contribution >= 0.6 is 0 Å². The van der Waals surface area contributed by atoms with Crippen molar-refractivity contribution in [1.29, 1.82) is 0 Å². The molecule has 2 rings (SSSR count). The Balaban J connectivity index is 2.23. The molecule has 1 aromatic heterocycles. The second-order valence-corrected chi connectivity index (χ2v) is 6.36.